The maximum Gasteiger partial charge on any atom is 0.119 e. The maximum atomic E-state index is 5.98. The van der Waals surface area contributed by atoms with Crippen molar-refractivity contribution < 1.29 is 9.47 Å². The Morgan fingerprint density at radius 2 is 0.700 bits per heavy atom. The third-order valence-corrected chi connectivity index (χ3v) is 9.20. The summed E-state index contributed by atoms with van der Waals surface area (Å²) in [6.45, 7) is 6.14. The molecule has 40 heavy (non-hydrogen) atoms. The van der Waals surface area contributed by atoms with E-state index in [9.17, 15) is 0 Å². The Morgan fingerprint density at radius 1 is 0.425 bits per heavy atom. The Bertz CT molecular complexity index is 765. The summed E-state index contributed by atoms with van der Waals surface area (Å²) in [5, 5.41) is 0.00639. The second-order valence-corrected chi connectivity index (χ2v) is 12.5. The van der Waals surface area contributed by atoms with E-state index in [0.29, 0.717) is 0 Å². The Balaban J connectivity index is 1.60. The summed E-state index contributed by atoms with van der Waals surface area (Å²) in [6, 6.07) is 16.7. The van der Waals surface area contributed by atoms with Crippen molar-refractivity contribution in [1.82, 2.24) is 0 Å². The van der Waals surface area contributed by atoms with Crippen molar-refractivity contribution in [2.75, 3.05) is 13.2 Å². The van der Waals surface area contributed by atoms with Gasteiger partial charge >= 0.3 is 0 Å². The molecule has 2 rings (SSSR count). The van der Waals surface area contributed by atoms with Crippen LogP contribution in [-0.4, -0.2) is 13.2 Å². The molecule has 2 atom stereocenters. The fraction of sp³-hybridized carbons (Fsp3) is 0.667. The van der Waals surface area contributed by atoms with Crippen LogP contribution in [0.3, 0.4) is 0 Å². The molecule has 0 aliphatic heterocycles. The molecule has 0 bridgehead atoms. The van der Waals surface area contributed by atoms with E-state index in [1.54, 1.807) is 0 Å². The van der Waals surface area contributed by atoms with Gasteiger partial charge in [0.1, 0.15) is 11.5 Å². The fourth-order valence-corrected chi connectivity index (χ4v) is 5.78. The number of benzene rings is 2. The fourth-order valence-electron chi connectivity index (χ4n) is 5.09. The second-order valence-electron chi connectivity index (χ2n) is 11.4. The van der Waals surface area contributed by atoms with E-state index >= 15 is 0 Å². The van der Waals surface area contributed by atoms with Crippen LogP contribution < -0.4 is 9.47 Å². The van der Waals surface area contributed by atoms with Gasteiger partial charge in [-0.3, -0.25) is 0 Å². The summed E-state index contributed by atoms with van der Waals surface area (Å²) in [4.78, 5) is 0. The molecule has 0 aromatic heterocycles. The first-order chi connectivity index (χ1) is 19.7. The standard InChI is InChI=1S/C36H58O2S2/c1-3-5-7-9-11-13-15-17-19-29-37-33-25-21-31(22-26-33)35(39)36(40)32-23-27-34(28-24-32)38-30-20-18-16-14-12-10-8-6-4-2/h21-28,35-36,39-40H,3-20,29-30H2,1-2H3. The lowest BCUT2D eigenvalue weighted by atomic mass is 10.0. The van der Waals surface area contributed by atoms with Gasteiger partial charge in [-0.1, -0.05) is 141 Å². The van der Waals surface area contributed by atoms with Crippen LogP contribution in [0.5, 0.6) is 11.5 Å². The summed E-state index contributed by atoms with van der Waals surface area (Å²) in [5.74, 6) is 1.88. The SMILES string of the molecule is CCCCCCCCCCCOc1ccc(C(S)C(S)c2ccc(OCCCCCCCCCCC)cc2)cc1. The highest BCUT2D eigenvalue weighted by Crippen LogP contribution is 2.39. The zero-order valence-corrected chi connectivity index (χ0v) is 27.4. The van der Waals surface area contributed by atoms with E-state index in [0.717, 1.165) is 48.7 Å². The molecule has 226 valence electrons. The van der Waals surface area contributed by atoms with Crippen molar-refractivity contribution >= 4 is 25.3 Å². The van der Waals surface area contributed by atoms with Gasteiger partial charge in [0, 0.05) is 10.5 Å². The van der Waals surface area contributed by atoms with Crippen LogP contribution in [0.25, 0.3) is 0 Å². The van der Waals surface area contributed by atoms with Crippen molar-refractivity contribution in [1.29, 1.82) is 0 Å². The van der Waals surface area contributed by atoms with E-state index in [1.807, 2.05) is 0 Å². The largest absolute Gasteiger partial charge is 0.494 e. The van der Waals surface area contributed by atoms with Gasteiger partial charge in [0.15, 0.2) is 0 Å². The van der Waals surface area contributed by atoms with Crippen molar-refractivity contribution in [3.63, 3.8) is 0 Å². The summed E-state index contributed by atoms with van der Waals surface area (Å²) < 4.78 is 12.0. The van der Waals surface area contributed by atoms with Crippen LogP contribution in [0.4, 0.5) is 0 Å². The number of thiol groups is 2. The molecule has 0 saturated heterocycles. The molecule has 2 aromatic carbocycles. The molecule has 2 unspecified atom stereocenters. The molecule has 2 nitrogen and oxygen atoms in total. The Morgan fingerprint density at radius 3 is 1.00 bits per heavy atom. The average Bonchev–Trinajstić information content (AvgIpc) is 2.99. The first kappa shape index (κ1) is 34.9. The molecule has 0 aliphatic rings. The molecule has 0 saturated carbocycles. The summed E-state index contributed by atoms with van der Waals surface area (Å²) in [6.07, 6.45) is 23.9. The van der Waals surface area contributed by atoms with Gasteiger partial charge in [-0.15, -0.1) is 0 Å². The van der Waals surface area contributed by atoms with Gasteiger partial charge in [-0.25, -0.2) is 0 Å². The molecule has 0 spiro atoms. The molecular formula is C36H58O2S2. The molecule has 0 radical (unpaired) electrons. The zero-order valence-electron chi connectivity index (χ0n) is 25.6. The highest BCUT2D eigenvalue weighted by atomic mass is 32.1. The third kappa shape index (κ3) is 15.7. The van der Waals surface area contributed by atoms with E-state index in [4.69, 9.17) is 34.7 Å². The van der Waals surface area contributed by atoms with E-state index < -0.39 is 0 Å². The maximum absolute atomic E-state index is 5.98. The Labute approximate surface area is 258 Å². The summed E-state index contributed by atoms with van der Waals surface area (Å²) in [5.41, 5.74) is 2.31. The van der Waals surface area contributed by atoms with Gasteiger partial charge in [0.25, 0.3) is 0 Å². The number of hydrogen-bond acceptors (Lipinski definition) is 4. The zero-order chi connectivity index (χ0) is 28.7. The van der Waals surface area contributed by atoms with Crippen LogP contribution in [0, 0.1) is 0 Å². The van der Waals surface area contributed by atoms with Crippen molar-refractivity contribution in [2.24, 2.45) is 0 Å². The van der Waals surface area contributed by atoms with E-state index in [-0.39, 0.29) is 10.5 Å². The van der Waals surface area contributed by atoms with Gasteiger partial charge in [-0.2, -0.15) is 25.3 Å². The highest BCUT2D eigenvalue weighted by molar-refractivity contribution is 7.84. The average molecular weight is 587 g/mol. The molecule has 0 heterocycles. The van der Waals surface area contributed by atoms with E-state index in [1.165, 1.54) is 103 Å². The van der Waals surface area contributed by atoms with Crippen molar-refractivity contribution in [2.45, 2.75) is 140 Å². The van der Waals surface area contributed by atoms with Gasteiger partial charge < -0.3 is 9.47 Å². The smallest absolute Gasteiger partial charge is 0.119 e. The molecule has 0 aliphatic carbocycles. The normalized spacial score (nSPS) is 12.8. The molecule has 2 aromatic rings. The lowest BCUT2D eigenvalue weighted by Gasteiger charge is -2.20. The topological polar surface area (TPSA) is 18.5 Å². The minimum Gasteiger partial charge on any atom is -0.494 e. The van der Waals surface area contributed by atoms with Gasteiger partial charge in [0.05, 0.1) is 13.2 Å². The van der Waals surface area contributed by atoms with Crippen molar-refractivity contribution in [3.05, 3.63) is 59.7 Å². The number of unbranched alkanes of at least 4 members (excludes halogenated alkanes) is 16. The lowest BCUT2D eigenvalue weighted by molar-refractivity contribution is 0.304. The minimum absolute atomic E-state index is 0.00319. The number of hydrogen-bond donors (Lipinski definition) is 2. The van der Waals surface area contributed by atoms with Crippen LogP contribution in [-0.2, 0) is 0 Å². The van der Waals surface area contributed by atoms with Gasteiger partial charge in [0.2, 0.25) is 0 Å². The molecule has 0 amide bonds. The summed E-state index contributed by atoms with van der Waals surface area (Å²) in [7, 11) is 0. The second kappa shape index (κ2) is 23.3. The van der Waals surface area contributed by atoms with Gasteiger partial charge in [-0.05, 0) is 48.2 Å². The predicted molar refractivity (Wildman–Crippen MR) is 182 cm³/mol. The molecular weight excluding hydrogens is 529 g/mol. The number of ether oxygens (including phenoxy) is 2. The Kier molecular flexibility index (Phi) is 20.4. The highest BCUT2D eigenvalue weighted by Gasteiger charge is 2.18. The first-order valence-electron chi connectivity index (χ1n) is 16.5. The van der Waals surface area contributed by atoms with Crippen LogP contribution >= 0.6 is 25.3 Å². The molecule has 4 heteroatoms. The van der Waals surface area contributed by atoms with Crippen LogP contribution in [0.15, 0.2) is 48.5 Å². The van der Waals surface area contributed by atoms with E-state index in [2.05, 4.69) is 62.4 Å². The molecule has 0 fully saturated rings. The van der Waals surface area contributed by atoms with Crippen LogP contribution in [0.2, 0.25) is 0 Å². The minimum atomic E-state index is 0.00319. The molecule has 0 N–H and O–H groups in total. The monoisotopic (exact) mass is 586 g/mol. The predicted octanol–water partition coefficient (Wildman–Crippen LogP) is 12.1. The first-order valence-corrected chi connectivity index (χ1v) is 17.5. The third-order valence-electron chi connectivity index (χ3n) is 7.78. The Hall–Kier alpha value is -1.26. The summed E-state index contributed by atoms with van der Waals surface area (Å²) >= 11 is 9.81. The van der Waals surface area contributed by atoms with Crippen LogP contribution in [0.1, 0.15) is 151 Å². The quantitative estimate of drug-likeness (QED) is 0.0890. The lowest BCUT2D eigenvalue weighted by Crippen LogP contribution is -2.02. The van der Waals surface area contributed by atoms with Crippen molar-refractivity contribution in [3.8, 4) is 11.5 Å². The number of rotatable bonds is 25.